The van der Waals surface area contributed by atoms with Crippen molar-refractivity contribution in [1.29, 1.82) is 0 Å². The zero-order valence-electron chi connectivity index (χ0n) is 11.5. The molecule has 0 aromatic heterocycles. The summed E-state index contributed by atoms with van der Waals surface area (Å²) in [5.41, 5.74) is 0. The minimum absolute atomic E-state index is 0.332. The van der Waals surface area contributed by atoms with Gasteiger partial charge in [-0.25, -0.2) is 5.01 Å². The Labute approximate surface area is 113 Å². The van der Waals surface area contributed by atoms with E-state index in [0.29, 0.717) is 13.1 Å². The molecule has 1 heterocycles. The highest BCUT2D eigenvalue weighted by Gasteiger charge is 2.28. The van der Waals surface area contributed by atoms with Gasteiger partial charge < -0.3 is 10.0 Å². The summed E-state index contributed by atoms with van der Waals surface area (Å²) in [5.74, 6) is -1.51. The SMILES string of the molecule is CC(C)C(NS(=O)(=O)NN1CCN(C)CC1)C(=O)O. The molecule has 0 spiro atoms. The molecule has 19 heavy (non-hydrogen) atoms. The number of likely N-dealkylation sites (N-methyl/N-ethyl adjacent to an activating group) is 1. The van der Waals surface area contributed by atoms with Crippen LogP contribution in [0.2, 0.25) is 0 Å². The fourth-order valence-electron chi connectivity index (χ4n) is 1.73. The summed E-state index contributed by atoms with van der Waals surface area (Å²) in [6.45, 7) is 5.95. The molecular weight excluding hydrogens is 272 g/mol. The molecule has 1 atom stereocenters. The Bertz CT molecular complexity index is 404. The van der Waals surface area contributed by atoms with Crippen molar-refractivity contribution in [2.24, 2.45) is 5.92 Å². The first-order chi connectivity index (χ1) is 8.71. The van der Waals surface area contributed by atoms with E-state index in [0.717, 1.165) is 13.1 Å². The molecule has 1 aliphatic heterocycles. The minimum atomic E-state index is -3.86. The molecule has 1 aliphatic rings. The lowest BCUT2D eigenvalue weighted by Crippen LogP contribution is -2.57. The number of piperazine rings is 1. The van der Waals surface area contributed by atoms with Crippen LogP contribution in [0.5, 0.6) is 0 Å². The lowest BCUT2D eigenvalue weighted by Gasteiger charge is -2.32. The van der Waals surface area contributed by atoms with Crippen molar-refractivity contribution in [3.05, 3.63) is 0 Å². The predicted molar refractivity (Wildman–Crippen MR) is 70.5 cm³/mol. The van der Waals surface area contributed by atoms with Crippen LogP contribution in [0.1, 0.15) is 13.8 Å². The third kappa shape index (κ3) is 5.41. The smallest absolute Gasteiger partial charge is 0.322 e. The van der Waals surface area contributed by atoms with Gasteiger partial charge in [0.05, 0.1) is 0 Å². The summed E-state index contributed by atoms with van der Waals surface area (Å²) in [6.07, 6.45) is 0. The largest absolute Gasteiger partial charge is 0.480 e. The number of aliphatic carboxylic acids is 1. The van der Waals surface area contributed by atoms with E-state index in [9.17, 15) is 13.2 Å². The van der Waals surface area contributed by atoms with Gasteiger partial charge in [0.15, 0.2) is 0 Å². The first-order valence-corrected chi connectivity index (χ1v) is 7.65. The van der Waals surface area contributed by atoms with Gasteiger partial charge in [0.25, 0.3) is 10.2 Å². The summed E-state index contributed by atoms with van der Waals surface area (Å²) in [6, 6.07) is -1.13. The van der Waals surface area contributed by atoms with Crippen LogP contribution in [0.25, 0.3) is 0 Å². The molecule has 8 nitrogen and oxygen atoms in total. The third-order valence-corrected chi connectivity index (χ3v) is 4.03. The van der Waals surface area contributed by atoms with E-state index in [4.69, 9.17) is 5.11 Å². The van der Waals surface area contributed by atoms with Crippen molar-refractivity contribution in [2.75, 3.05) is 33.2 Å². The van der Waals surface area contributed by atoms with E-state index in [1.54, 1.807) is 18.9 Å². The number of nitrogens with one attached hydrogen (secondary N) is 2. The van der Waals surface area contributed by atoms with Crippen LogP contribution in [0.15, 0.2) is 0 Å². The summed E-state index contributed by atoms with van der Waals surface area (Å²) in [4.78, 5) is 15.4. The van der Waals surface area contributed by atoms with Crippen LogP contribution < -0.4 is 9.55 Å². The van der Waals surface area contributed by atoms with E-state index in [2.05, 4.69) is 14.5 Å². The number of carbonyl (C=O) groups is 1. The van der Waals surface area contributed by atoms with E-state index in [1.165, 1.54) is 0 Å². The molecule has 3 N–H and O–H groups in total. The Hall–Kier alpha value is -0.740. The van der Waals surface area contributed by atoms with E-state index >= 15 is 0 Å². The molecule has 112 valence electrons. The van der Waals surface area contributed by atoms with Gasteiger partial charge in [-0.1, -0.05) is 13.8 Å². The van der Waals surface area contributed by atoms with Crippen LogP contribution in [0, 0.1) is 5.92 Å². The van der Waals surface area contributed by atoms with Gasteiger partial charge in [-0.2, -0.15) is 13.1 Å². The molecule has 1 fully saturated rings. The van der Waals surface area contributed by atoms with Gasteiger partial charge in [0.1, 0.15) is 6.04 Å². The quantitative estimate of drug-likeness (QED) is 0.562. The predicted octanol–water partition coefficient (Wildman–Crippen LogP) is -1.32. The van der Waals surface area contributed by atoms with E-state index < -0.39 is 22.2 Å². The maximum absolute atomic E-state index is 11.9. The highest BCUT2D eigenvalue weighted by atomic mass is 32.2. The molecule has 0 aromatic rings. The zero-order chi connectivity index (χ0) is 14.6. The molecule has 1 saturated heterocycles. The van der Waals surface area contributed by atoms with Crippen molar-refractivity contribution in [3.8, 4) is 0 Å². The fraction of sp³-hybridized carbons (Fsp3) is 0.900. The lowest BCUT2D eigenvalue weighted by molar-refractivity contribution is -0.140. The molecule has 1 unspecified atom stereocenters. The molecule has 0 saturated carbocycles. The van der Waals surface area contributed by atoms with Gasteiger partial charge in [-0.3, -0.25) is 4.79 Å². The van der Waals surface area contributed by atoms with Crippen molar-refractivity contribution >= 4 is 16.2 Å². The second kappa shape index (κ2) is 6.62. The highest BCUT2D eigenvalue weighted by molar-refractivity contribution is 7.87. The molecule has 9 heteroatoms. The number of hydrogen-bond donors (Lipinski definition) is 3. The Morgan fingerprint density at radius 2 is 1.74 bits per heavy atom. The Kier molecular flexibility index (Phi) is 5.68. The summed E-state index contributed by atoms with van der Waals surface area (Å²) >= 11 is 0. The van der Waals surface area contributed by atoms with Crippen LogP contribution in [-0.2, 0) is 15.0 Å². The van der Waals surface area contributed by atoms with Crippen molar-refractivity contribution in [1.82, 2.24) is 19.5 Å². The van der Waals surface area contributed by atoms with Gasteiger partial charge in [-0.05, 0) is 13.0 Å². The summed E-state index contributed by atoms with van der Waals surface area (Å²) in [7, 11) is -1.90. The maximum atomic E-state index is 11.9. The maximum Gasteiger partial charge on any atom is 0.322 e. The van der Waals surface area contributed by atoms with Gasteiger partial charge >= 0.3 is 5.97 Å². The molecule has 0 radical (unpaired) electrons. The van der Waals surface area contributed by atoms with Gasteiger partial charge in [0.2, 0.25) is 0 Å². The second-order valence-electron chi connectivity index (χ2n) is 5.06. The average molecular weight is 294 g/mol. The van der Waals surface area contributed by atoms with Crippen molar-refractivity contribution in [3.63, 3.8) is 0 Å². The molecule has 0 aromatic carbocycles. The molecule has 0 amide bonds. The highest BCUT2D eigenvalue weighted by Crippen LogP contribution is 2.04. The number of carboxylic acid groups (broad SMARTS) is 1. The second-order valence-corrected chi connectivity index (χ2v) is 6.49. The number of carboxylic acids is 1. The van der Waals surface area contributed by atoms with E-state index in [-0.39, 0.29) is 5.92 Å². The third-order valence-electron chi connectivity index (χ3n) is 2.97. The van der Waals surface area contributed by atoms with Crippen molar-refractivity contribution < 1.29 is 18.3 Å². The minimum Gasteiger partial charge on any atom is -0.480 e. The molecular formula is C10H22N4O4S. The lowest BCUT2D eigenvalue weighted by atomic mass is 10.1. The summed E-state index contributed by atoms with van der Waals surface area (Å²) in [5, 5.41) is 10.5. The van der Waals surface area contributed by atoms with E-state index in [1.807, 2.05) is 7.05 Å². The molecule has 0 bridgehead atoms. The Balaban J connectivity index is 2.58. The Morgan fingerprint density at radius 3 is 2.16 bits per heavy atom. The van der Waals surface area contributed by atoms with Crippen LogP contribution >= 0.6 is 0 Å². The fourth-order valence-corrected chi connectivity index (χ4v) is 3.02. The standard InChI is InChI=1S/C10H22N4O4S/c1-8(2)9(10(15)16)11-19(17,18)12-14-6-4-13(3)5-7-14/h8-9,11-12H,4-7H2,1-3H3,(H,15,16). The topological polar surface area (TPSA) is 102 Å². The molecule has 1 rings (SSSR count). The first-order valence-electron chi connectivity index (χ1n) is 6.17. The summed E-state index contributed by atoms with van der Waals surface area (Å²) < 4.78 is 25.9. The monoisotopic (exact) mass is 294 g/mol. The zero-order valence-corrected chi connectivity index (χ0v) is 12.3. The van der Waals surface area contributed by atoms with Crippen molar-refractivity contribution in [2.45, 2.75) is 19.9 Å². The van der Waals surface area contributed by atoms with Crippen LogP contribution in [0.4, 0.5) is 0 Å². The normalized spacial score (nSPS) is 20.6. The Morgan fingerprint density at radius 1 is 1.21 bits per heavy atom. The average Bonchev–Trinajstić information content (AvgIpc) is 2.28. The number of hydrazine groups is 1. The molecule has 0 aliphatic carbocycles. The van der Waals surface area contributed by atoms with Crippen LogP contribution in [0.3, 0.4) is 0 Å². The number of rotatable bonds is 6. The van der Waals surface area contributed by atoms with Gasteiger partial charge in [0, 0.05) is 26.2 Å². The van der Waals surface area contributed by atoms with Crippen LogP contribution in [-0.4, -0.2) is 68.7 Å². The first kappa shape index (κ1) is 16.3. The number of nitrogens with zero attached hydrogens (tertiary/aromatic N) is 2. The number of hydrogen-bond acceptors (Lipinski definition) is 5. The van der Waals surface area contributed by atoms with Gasteiger partial charge in [-0.15, -0.1) is 4.83 Å².